The van der Waals surface area contributed by atoms with Gasteiger partial charge in [0.25, 0.3) is 0 Å². The first-order valence-corrected chi connectivity index (χ1v) is 14.0. The maximum absolute atomic E-state index is 13.9. The summed E-state index contributed by atoms with van der Waals surface area (Å²) in [6.07, 6.45) is 3.47. The fraction of sp³-hybridized carbons (Fsp3) is 0.630. The minimum Gasteiger partial charge on any atom is -0.493 e. The number of nitrogens with one attached hydrogen (secondary N) is 1. The molecule has 3 aliphatic rings. The SMILES string of the molecule is CC(C)(C)[C@@H](C(=O)N1C[C@H](O)C[C@H]1C(=O)NCC1(COc2ccc(Br)cc2)COC1)n1cc(C2CC2)nn1. The Bertz CT molecular complexity index is 1160. The maximum Gasteiger partial charge on any atom is 0.248 e. The summed E-state index contributed by atoms with van der Waals surface area (Å²) in [6.45, 7) is 7.72. The number of nitrogens with zero attached hydrogens (tertiary/aromatic N) is 4. The van der Waals surface area contributed by atoms with Gasteiger partial charge in [0.2, 0.25) is 11.8 Å². The number of likely N-dealkylation sites (tertiary alicyclic amines) is 1. The Hall–Kier alpha value is -2.50. The number of benzene rings is 1. The molecule has 0 unspecified atom stereocenters. The maximum atomic E-state index is 13.9. The van der Waals surface area contributed by atoms with Gasteiger partial charge in [0.05, 0.1) is 37.0 Å². The zero-order valence-corrected chi connectivity index (χ0v) is 23.7. The predicted molar refractivity (Wildman–Crippen MR) is 143 cm³/mol. The van der Waals surface area contributed by atoms with Gasteiger partial charge in [0.15, 0.2) is 0 Å². The van der Waals surface area contributed by atoms with Crippen LogP contribution in [0.1, 0.15) is 57.7 Å². The highest BCUT2D eigenvalue weighted by atomic mass is 79.9. The van der Waals surface area contributed by atoms with Crippen molar-refractivity contribution in [2.45, 2.75) is 64.1 Å². The second-order valence-electron chi connectivity index (χ2n) is 12.0. The second kappa shape index (κ2) is 10.6. The molecule has 0 bridgehead atoms. The number of amides is 2. The van der Waals surface area contributed by atoms with Crippen LogP contribution in [0.25, 0.3) is 0 Å². The molecule has 2 aliphatic heterocycles. The fourth-order valence-electron chi connectivity index (χ4n) is 5.11. The van der Waals surface area contributed by atoms with E-state index in [1.165, 1.54) is 4.90 Å². The molecule has 38 heavy (non-hydrogen) atoms. The van der Waals surface area contributed by atoms with Crippen molar-refractivity contribution in [3.63, 3.8) is 0 Å². The second-order valence-corrected chi connectivity index (χ2v) is 12.9. The van der Waals surface area contributed by atoms with Crippen molar-refractivity contribution in [3.8, 4) is 5.75 Å². The smallest absolute Gasteiger partial charge is 0.248 e. The molecule has 206 valence electrons. The molecule has 0 radical (unpaired) electrons. The number of hydrogen-bond acceptors (Lipinski definition) is 7. The van der Waals surface area contributed by atoms with E-state index in [-0.39, 0.29) is 30.2 Å². The Kier molecular flexibility index (Phi) is 7.54. The summed E-state index contributed by atoms with van der Waals surface area (Å²) in [5, 5.41) is 22.1. The third-order valence-electron chi connectivity index (χ3n) is 7.52. The van der Waals surface area contributed by atoms with Crippen LogP contribution in [0.3, 0.4) is 0 Å². The molecule has 2 saturated heterocycles. The topological polar surface area (TPSA) is 119 Å². The highest BCUT2D eigenvalue weighted by molar-refractivity contribution is 9.10. The minimum atomic E-state index is -0.769. The van der Waals surface area contributed by atoms with Crippen molar-refractivity contribution >= 4 is 27.7 Å². The molecule has 2 amide bonds. The Labute approximate surface area is 231 Å². The average Bonchev–Trinajstić information content (AvgIpc) is 3.45. The van der Waals surface area contributed by atoms with E-state index < -0.39 is 23.6 Å². The number of aliphatic hydroxyl groups excluding tert-OH is 1. The van der Waals surface area contributed by atoms with Crippen LogP contribution in [0.15, 0.2) is 34.9 Å². The van der Waals surface area contributed by atoms with Crippen molar-refractivity contribution in [1.82, 2.24) is 25.2 Å². The Morgan fingerprint density at radius 1 is 1.26 bits per heavy atom. The van der Waals surface area contributed by atoms with Crippen molar-refractivity contribution in [2.75, 3.05) is 32.9 Å². The van der Waals surface area contributed by atoms with Gasteiger partial charge >= 0.3 is 0 Å². The number of carbonyl (C=O) groups excluding carboxylic acids is 2. The molecule has 3 fully saturated rings. The normalized spacial score (nSPS) is 23.6. The number of ether oxygens (including phenoxy) is 2. The van der Waals surface area contributed by atoms with E-state index in [4.69, 9.17) is 9.47 Å². The zero-order chi connectivity index (χ0) is 27.1. The number of hydrogen-bond donors (Lipinski definition) is 2. The summed E-state index contributed by atoms with van der Waals surface area (Å²) in [5.41, 5.74) is 0.0850. The van der Waals surface area contributed by atoms with E-state index in [0.717, 1.165) is 28.8 Å². The summed E-state index contributed by atoms with van der Waals surface area (Å²) >= 11 is 3.42. The molecule has 0 spiro atoms. The molecule has 10 nitrogen and oxygen atoms in total. The highest BCUT2D eigenvalue weighted by Crippen LogP contribution is 2.40. The first-order chi connectivity index (χ1) is 18.0. The van der Waals surface area contributed by atoms with E-state index in [2.05, 4.69) is 31.6 Å². The van der Waals surface area contributed by atoms with E-state index >= 15 is 0 Å². The van der Waals surface area contributed by atoms with Crippen LogP contribution in [-0.2, 0) is 14.3 Å². The van der Waals surface area contributed by atoms with E-state index in [1.54, 1.807) is 4.68 Å². The standard InChI is InChI=1S/C27H36BrN5O5/c1-26(2,3)23(33-12-21(30-31-33)17-4-5-17)25(36)32-11-19(34)10-22(32)24(35)29-13-27(14-37-15-27)16-38-20-8-6-18(28)7-9-20/h6-9,12,17,19,22-23,34H,4-5,10-11,13-16H2,1-3H3,(H,29,35)/t19-,22+,23-/m1/s1. The summed E-state index contributed by atoms with van der Waals surface area (Å²) in [4.78, 5) is 28.8. The monoisotopic (exact) mass is 589 g/mol. The molecule has 1 aliphatic carbocycles. The molecule has 2 N–H and O–H groups in total. The number of β-amino-alcohol motifs (C(OH)–C–C–N with tert-alkyl or cyclic N) is 1. The van der Waals surface area contributed by atoms with Crippen molar-refractivity contribution in [2.24, 2.45) is 10.8 Å². The highest BCUT2D eigenvalue weighted by Gasteiger charge is 2.46. The summed E-state index contributed by atoms with van der Waals surface area (Å²) in [6, 6.07) is 6.18. The average molecular weight is 591 g/mol. The number of rotatable bonds is 9. The fourth-order valence-corrected chi connectivity index (χ4v) is 5.38. The molecule has 5 rings (SSSR count). The minimum absolute atomic E-state index is 0.106. The zero-order valence-electron chi connectivity index (χ0n) is 22.1. The lowest BCUT2D eigenvalue weighted by Crippen LogP contribution is -2.57. The number of carbonyl (C=O) groups is 2. The third-order valence-corrected chi connectivity index (χ3v) is 8.05. The van der Waals surface area contributed by atoms with Gasteiger partial charge in [-0.05, 0) is 42.5 Å². The van der Waals surface area contributed by atoms with E-state index in [0.29, 0.717) is 32.3 Å². The van der Waals surface area contributed by atoms with Crippen molar-refractivity contribution in [1.29, 1.82) is 0 Å². The van der Waals surface area contributed by atoms with Gasteiger partial charge in [-0.25, -0.2) is 4.68 Å². The quantitative estimate of drug-likeness (QED) is 0.461. The van der Waals surface area contributed by atoms with Crippen LogP contribution in [0.4, 0.5) is 0 Å². The van der Waals surface area contributed by atoms with Crippen molar-refractivity contribution in [3.05, 3.63) is 40.6 Å². The lowest BCUT2D eigenvalue weighted by molar-refractivity contribution is -0.147. The number of aromatic nitrogens is 3. The Morgan fingerprint density at radius 2 is 1.97 bits per heavy atom. The van der Waals surface area contributed by atoms with Gasteiger partial charge in [-0.15, -0.1) is 5.10 Å². The van der Waals surface area contributed by atoms with Gasteiger partial charge in [-0.3, -0.25) is 9.59 Å². The van der Waals surface area contributed by atoms with Crippen LogP contribution in [-0.4, -0.2) is 81.9 Å². The van der Waals surface area contributed by atoms with Gasteiger partial charge in [0.1, 0.15) is 17.8 Å². The summed E-state index contributed by atoms with van der Waals surface area (Å²) in [7, 11) is 0. The largest absolute Gasteiger partial charge is 0.493 e. The van der Waals surface area contributed by atoms with Crippen LogP contribution in [0, 0.1) is 10.8 Å². The van der Waals surface area contributed by atoms with E-state index in [1.807, 2.05) is 51.2 Å². The molecule has 1 saturated carbocycles. The summed E-state index contributed by atoms with van der Waals surface area (Å²) < 4.78 is 14.0. The van der Waals surface area contributed by atoms with Gasteiger partial charge in [0, 0.05) is 36.1 Å². The first-order valence-electron chi connectivity index (χ1n) is 13.2. The molecule has 11 heteroatoms. The van der Waals surface area contributed by atoms with Gasteiger partial charge in [-0.2, -0.15) is 0 Å². The number of halogens is 1. The van der Waals surface area contributed by atoms with Crippen LogP contribution in [0.5, 0.6) is 5.75 Å². The first kappa shape index (κ1) is 27.1. The lowest BCUT2D eigenvalue weighted by Gasteiger charge is -2.41. The predicted octanol–water partition coefficient (Wildman–Crippen LogP) is 2.68. The molecule has 2 aromatic rings. The molecule has 3 heterocycles. The Morgan fingerprint density at radius 3 is 2.58 bits per heavy atom. The van der Waals surface area contributed by atoms with Crippen LogP contribution in [0.2, 0.25) is 0 Å². The molecule has 3 atom stereocenters. The van der Waals surface area contributed by atoms with Crippen LogP contribution < -0.4 is 10.1 Å². The van der Waals surface area contributed by atoms with Gasteiger partial charge < -0.3 is 24.8 Å². The van der Waals surface area contributed by atoms with Crippen molar-refractivity contribution < 1.29 is 24.2 Å². The van der Waals surface area contributed by atoms with E-state index in [9.17, 15) is 14.7 Å². The lowest BCUT2D eigenvalue weighted by atomic mass is 9.85. The van der Waals surface area contributed by atoms with Crippen LogP contribution >= 0.6 is 15.9 Å². The molecule has 1 aromatic carbocycles. The molecular formula is C27H36BrN5O5. The van der Waals surface area contributed by atoms with Gasteiger partial charge in [-0.1, -0.05) is 41.9 Å². The summed E-state index contributed by atoms with van der Waals surface area (Å²) in [5.74, 6) is 0.645. The third kappa shape index (κ3) is 5.89. The number of aliphatic hydroxyl groups is 1. The molecular weight excluding hydrogens is 554 g/mol. The Balaban J connectivity index is 1.25. The molecule has 1 aromatic heterocycles.